The fourth-order valence-corrected chi connectivity index (χ4v) is 4.09. The number of amides is 1. The van der Waals surface area contributed by atoms with Crippen LogP contribution in [0.4, 0.5) is 20.4 Å². The molecular weight excluding hydrogens is 452 g/mol. The van der Waals surface area contributed by atoms with Gasteiger partial charge in [-0.25, -0.2) is 13.5 Å². The van der Waals surface area contributed by atoms with Crippen LogP contribution in [0.5, 0.6) is 5.75 Å². The highest BCUT2D eigenvalue weighted by molar-refractivity contribution is 6.06. The lowest BCUT2D eigenvalue weighted by Gasteiger charge is -2.29. The molecule has 0 spiro atoms. The van der Waals surface area contributed by atoms with E-state index in [2.05, 4.69) is 20.7 Å². The fourth-order valence-electron chi connectivity index (χ4n) is 4.09. The number of anilines is 2. The van der Waals surface area contributed by atoms with Gasteiger partial charge in [-0.05, 0) is 49.4 Å². The third kappa shape index (κ3) is 4.12. The van der Waals surface area contributed by atoms with Crippen molar-refractivity contribution in [3.63, 3.8) is 0 Å². The van der Waals surface area contributed by atoms with Gasteiger partial charge in [-0.3, -0.25) is 4.79 Å². The van der Waals surface area contributed by atoms with Crippen molar-refractivity contribution in [2.75, 3.05) is 17.7 Å². The maximum atomic E-state index is 15.1. The quantitative estimate of drug-likeness (QED) is 0.419. The first-order valence-electron chi connectivity index (χ1n) is 10.9. The molecule has 1 aliphatic heterocycles. The average molecular weight is 473 g/mol. The number of hydrogen-bond donors (Lipinski definition) is 2. The smallest absolute Gasteiger partial charge is 0.255 e. The number of aromatic nitrogens is 3. The molecule has 0 fully saturated rings. The molecule has 7 nitrogen and oxygen atoms in total. The van der Waals surface area contributed by atoms with Gasteiger partial charge in [0.15, 0.2) is 5.82 Å². The SMILES string of the molecule is COc1ccccc1NC(=O)C1=C(C)Nc2nc(-c3ccc(F)cc3)nn2C1c1ccccc1F. The summed E-state index contributed by atoms with van der Waals surface area (Å²) in [6.07, 6.45) is 0. The maximum Gasteiger partial charge on any atom is 0.255 e. The van der Waals surface area contributed by atoms with E-state index in [0.29, 0.717) is 34.5 Å². The number of carbonyl (C=O) groups excluding carboxylic acids is 1. The highest BCUT2D eigenvalue weighted by Gasteiger charge is 2.36. The monoisotopic (exact) mass is 473 g/mol. The van der Waals surface area contributed by atoms with Gasteiger partial charge in [-0.1, -0.05) is 30.3 Å². The van der Waals surface area contributed by atoms with Crippen molar-refractivity contribution in [1.82, 2.24) is 14.8 Å². The minimum Gasteiger partial charge on any atom is -0.495 e. The van der Waals surface area contributed by atoms with Gasteiger partial charge >= 0.3 is 0 Å². The van der Waals surface area contributed by atoms with Crippen molar-refractivity contribution in [3.05, 3.63) is 101 Å². The largest absolute Gasteiger partial charge is 0.495 e. The van der Waals surface area contributed by atoms with Gasteiger partial charge in [0, 0.05) is 16.8 Å². The Morgan fingerprint density at radius 3 is 2.49 bits per heavy atom. The van der Waals surface area contributed by atoms with Crippen LogP contribution < -0.4 is 15.4 Å². The molecule has 5 rings (SSSR count). The molecule has 0 saturated carbocycles. The van der Waals surface area contributed by atoms with Crippen molar-refractivity contribution >= 4 is 17.5 Å². The number of methoxy groups -OCH3 is 1. The number of carbonyl (C=O) groups is 1. The normalized spacial score (nSPS) is 14.8. The zero-order valence-electron chi connectivity index (χ0n) is 18.9. The molecular formula is C26H21F2N5O2. The molecule has 1 unspecified atom stereocenters. The van der Waals surface area contributed by atoms with Crippen LogP contribution in [0.2, 0.25) is 0 Å². The second-order valence-corrected chi connectivity index (χ2v) is 7.95. The van der Waals surface area contributed by atoms with Crippen LogP contribution >= 0.6 is 0 Å². The summed E-state index contributed by atoms with van der Waals surface area (Å²) < 4.78 is 35.3. The van der Waals surface area contributed by atoms with Crippen molar-refractivity contribution in [2.24, 2.45) is 0 Å². The van der Waals surface area contributed by atoms with E-state index in [-0.39, 0.29) is 17.0 Å². The van der Waals surface area contributed by atoms with Gasteiger partial charge in [0.2, 0.25) is 5.95 Å². The lowest BCUT2D eigenvalue weighted by Crippen LogP contribution is -2.32. The molecule has 0 aliphatic carbocycles. The van der Waals surface area contributed by atoms with Crippen LogP contribution in [-0.4, -0.2) is 27.8 Å². The molecule has 2 heterocycles. The number of fused-ring (bicyclic) bond motifs is 1. The summed E-state index contributed by atoms with van der Waals surface area (Å²) in [6.45, 7) is 1.72. The highest BCUT2D eigenvalue weighted by Crippen LogP contribution is 2.38. The number of allylic oxidation sites excluding steroid dienone is 1. The number of rotatable bonds is 5. The molecule has 1 amide bonds. The van der Waals surface area contributed by atoms with E-state index >= 15 is 4.39 Å². The molecule has 1 aliphatic rings. The first kappa shape index (κ1) is 22.3. The van der Waals surface area contributed by atoms with E-state index in [4.69, 9.17) is 4.74 Å². The Hall–Kier alpha value is -4.53. The van der Waals surface area contributed by atoms with Crippen molar-refractivity contribution in [2.45, 2.75) is 13.0 Å². The summed E-state index contributed by atoms with van der Waals surface area (Å²) >= 11 is 0. The molecule has 0 radical (unpaired) electrons. The highest BCUT2D eigenvalue weighted by atomic mass is 19.1. The van der Waals surface area contributed by atoms with Crippen molar-refractivity contribution in [3.8, 4) is 17.1 Å². The van der Waals surface area contributed by atoms with E-state index in [1.807, 2.05) is 0 Å². The molecule has 0 saturated heterocycles. The number of hydrogen-bond acceptors (Lipinski definition) is 5. The Morgan fingerprint density at radius 2 is 1.74 bits per heavy atom. The Kier molecular flexibility index (Phi) is 5.74. The van der Waals surface area contributed by atoms with Gasteiger partial charge in [0.05, 0.1) is 18.4 Å². The Labute approximate surface area is 200 Å². The first-order valence-corrected chi connectivity index (χ1v) is 10.9. The predicted octanol–water partition coefficient (Wildman–Crippen LogP) is 5.16. The minimum absolute atomic E-state index is 0.260. The maximum absolute atomic E-state index is 15.1. The molecule has 4 aromatic rings. The summed E-state index contributed by atoms with van der Waals surface area (Å²) in [4.78, 5) is 18.1. The van der Waals surface area contributed by atoms with Gasteiger partial charge in [0.1, 0.15) is 23.4 Å². The second-order valence-electron chi connectivity index (χ2n) is 7.95. The van der Waals surface area contributed by atoms with E-state index in [1.165, 1.54) is 30.0 Å². The molecule has 1 atom stereocenters. The number of ether oxygens (including phenoxy) is 1. The van der Waals surface area contributed by atoms with Gasteiger partial charge < -0.3 is 15.4 Å². The number of benzene rings is 3. The molecule has 9 heteroatoms. The third-order valence-electron chi connectivity index (χ3n) is 5.75. The summed E-state index contributed by atoms with van der Waals surface area (Å²) in [5.41, 5.74) is 2.08. The minimum atomic E-state index is -0.899. The lowest BCUT2D eigenvalue weighted by molar-refractivity contribution is -0.113. The van der Waals surface area contributed by atoms with E-state index in [9.17, 15) is 9.18 Å². The van der Waals surface area contributed by atoms with Crippen LogP contribution in [-0.2, 0) is 4.79 Å². The third-order valence-corrected chi connectivity index (χ3v) is 5.75. The molecule has 35 heavy (non-hydrogen) atoms. The summed E-state index contributed by atoms with van der Waals surface area (Å²) in [5, 5.41) is 10.5. The number of para-hydroxylation sites is 2. The molecule has 176 valence electrons. The zero-order chi connectivity index (χ0) is 24.5. The Bertz CT molecular complexity index is 1450. The Morgan fingerprint density at radius 1 is 1.03 bits per heavy atom. The lowest BCUT2D eigenvalue weighted by atomic mass is 9.94. The van der Waals surface area contributed by atoms with Gasteiger partial charge in [-0.15, -0.1) is 5.10 Å². The Balaban J connectivity index is 1.61. The molecule has 0 bridgehead atoms. The topological polar surface area (TPSA) is 81.1 Å². The molecule has 2 N–H and O–H groups in total. The van der Waals surface area contributed by atoms with Crippen molar-refractivity contribution < 1.29 is 18.3 Å². The van der Waals surface area contributed by atoms with Crippen LogP contribution in [0.3, 0.4) is 0 Å². The number of nitrogens with one attached hydrogen (secondary N) is 2. The number of nitrogens with zero attached hydrogens (tertiary/aromatic N) is 3. The standard InChI is InChI=1S/C26H21F2N5O2/c1-15-22(25(34)30-20-9-5-6-10-21(20)35-2)23(18-7-3-4-8-19(18)28)33-26(29-15)31-24(32-33)16-11-13-17(27)14-12-16/h3-14,23H,1-2H3,(H,30,34)(H,29,31,32). The van der Waals surface area contributed by atoms with Crippen molar-refractivity contribution in [1.29, 1.82) is 0 Å². The zero-order valence-corrected chi connectivity index (χ0v) is 18.9. The number of halogens is 2. The van der Waals surface area contributed by atoms with Crippen LogP contribution in [0.15, 0.2) is 84.1 Å². The average Bonchev–Trinajstić information content (AvgIpc) is 3.28. The van der Waals surface area contributed by atoms with Gasteiger partial charge in [-0.2, -0.15) is 4.98 Å². The van der Waals surface area contributed by atoms with Gasteiger partial charge in [0.25, 0.3) is 5.91 Å². The van der Waals surface area contributed by atoms with Crippen LogP contribution in [0.25, 0.3) is 11.4 Å². The van der Waals surface area contributed by atoms with E-state index in [1.54, 1.807) is 61.5 Å². The summed E-state index contributed by atoms with van der Waals surface area (Å²) in [7, 11) is 1.51. The van der Waals surface area contributed by atoms with E-state index < -0.39 is 17.8 Å². The second kappa shape index (κ2) is 9.02. The van der Waals surface area contributed by atoms with E-state index in [0.717, 1.165) is 0 Å². The first-order chi connectivity index (χ1) is 17.0. The molecule has 3 aromatic carbocycles. The fraction of sp³-hybridized carbons (Fsp3) is 0.115. The predicted molar refractivity (Wildman–Crippen MR) is 128 cm³/mol. The van der Waals surface area contributed by atoms with Crippen LogP contribution in [0, 0.1) is 11.6 Å². The summed E-state index contributed by atoms with van der Waals surface area (Å²) in [5.74, 6) is -0.174. The molecule has 1 aromatic heterocycles. The summed E-state index contributed by atoms with van der Waals surface area (Å²) in [6, 6.07) is 18.1. The van der Waals surface area contributed by atoms with Crippen LogP contribution in [0.1, 0.15) is 18.5 Å².